The highest BCUT2D eigenvalue weighted by Crippen LogP contribution is 2.32. The normalized spacial score (nSPS) is 13.7. The van der Waals surface area contributed by atoms with E-state index < -0.39 is 23.4 Å². The van der Waals surface area contributed by atoms with E-state index in [-0.39, 0.29) is 22.3 Å². The Morgan fingerprint density at radius 2 is 2.11 bits per heavy atom. The summed E-state index contributed by atoms with van der Waals surface area (Å²) in [5.41, 5.74) is 0.226. The summed E-state index contributed by atoms with van der Waals surface area (Å²) in [5, 5.41) is 2.52. The standard InChI is InChI=1S/C12H10BrFN2O3/c1-2-15-10(17)5-16-9-4-8(14)7(13)3-6(9)11(18)12(16)19/h3-4H,2,5H2,1H3,(H,15,17). The fraction of sp³-hybridized carbons (Fsp3) is 0.250. The number of ketones is 1. The Morgan fingerprint density at radius 1 is 1.42 bits per heavy atom. The van der Waals surface area contributed by atoms with E-state index in [1.165, 1.54) is 6.07 Å². The van der Waals surface area contributed by atoms with E-state index in [4.69, 9.17) is 0 Å². The van der Waals surface area contributed by atoms with E-state index in [2.05, 4.69) is 21.2 Å². The van der Waals surface area contributed by atoms with Crippen molar-refractivity contribution in [2.75, 3.05) is 18.0 Å². The van der Waals surface area contributed by atoms with Crippen molar-refractivity contribution in [1.29, 1.82) is 0 Å². The van der Waals surface area contributed by atoms with Crippen LogP contribution in [0.15, 0.2) is 16.6 Å². The summed E-state index contributed by atoms with van der Waals surface area (Å²) in [7, 11) is 0. The topological polar surface area (TPSA) is 66.5 Å². The van der Waals surface area contributed by atoms with Gasteiger partial charge < -0.3 is 5.32 Å². The minimum atomic E-state index is -0.821. The summed E-state index contributed by atoms with van der Waals surface area (Å²) in [4.78, 5) is 36.0. The Morgan fingerprint density at radius 3 is 2.74 bits per heavy atom. The molecule has 5 nitrogen and oxygen atoms in total. The lowest BCUT2D eigenvalue weighted by molar-refractivity contribution is -0.122. The molecule has 1 aliphatic heterocycles. The summed E-state index contributed by atoms with van der Waals surface area (Å²) in [5.74, 6) is -2.55. The number of hydrogen-bond donors (Lipinski definition) is 1. The summed E-state index contributed by atoms with van der Waals surface area (Å²) in [6.07, 6.45) is 0. The van der Waals surface area contributed by atoms with Gasteiger partial charge in [-0.25, -0.2) is 4.39 Å². The van der Waals surface area contributed by atoms with E-state index in [1.807, 2.05) is 0 Å². The number of carbonyl (C=O) groups excluding carboxylic acids is 3. The summed E-state index contributed by atoms with van der Waals surface area (Å²) >= 11 is 2.96. The Balaban J connectivity index is 2.38. The highest BCUT2D eigenvalue weighted by atomic mass is 79.9. The van der Waals surface area contributed by atoms with Crippen LogP contribution >= 0.6 is 15.9 Å². The molecule has 1 aliphatic rings. The minimum Gasteiger partial charge on any atom is -0.355 e. The molecule has 1 aromatic rings. The third-order valence-electron chi connectivity index (χ3n) is 2.69. The van der Waals surface area contributed by atoms with Crippen LogP contribution in [-0.4, -0.2) is 30.7 Å². The smallest absolute Gasteiger partial charge is 0.299 e. The average Bonchev–Trinajstić information content (AvgIpc) is 2.56. The minimum absolute atomic E-state index is 0.0996. The average molecular weight is 329 g/mol. The number of amides is 2. The fourth-order valence-electron chi connectivity index (χ4n) is 1.84. The number of Topliss-reactive ketones (excluding diaryl/α,β-unsaturated/α-hetero) is 1. The van der Waals surface area contributed by atoms with E-state index in [1.54, 1.807) is 6.92 Å². The first-order valence-electron chi connectivity index (χ1n) is 5.57. The second-order valence-corrected chi connectivity index (χ2v) is 4.81. The van der Waals surface area contributed by atoms with Crippen molar-refractivity contribution in [3.63, 3.8) is 0 Å². The van der Waals surface area contributed by atoms with E-state index >= 15 is 0 Å². The van der Waals surface area contributed by atoms with Crippen LogP contribution in [0.1, 0.15) is 17.3 Å². The van der Waals surface area contributed by atoms with Gasteiger partial charge in [-0.3, -0.25) is 19.3 Å². The van der Waals surface area contributed by atoms with Crippen LogP contribution < -0.4 is 10.2 Å². The van der Waals surface area contributed by atoms with Gasteiger partial charge in [0.15, 0.2) is 0 Å². The number of anilines is 1. The second kappa shape index (κ2) is 5.08. The van der Waals surface area contributed by atoms with Gasteiger partial charge in [0.2, 0.25) is 5.91 Å². The first-order valence-corrected chi connectivity index (χ1v) is 6.37. The largest absolute Gasteiger partial charge is 0.355 e. The highest BCUT2D eigenvalue weighted by Gasteiger charge is 2.37. The van der Waals surface area contributed by atoms with Crippen molar-refractivity contribution in [1.82, 2.24) is 5.32 Å². The van der Waals surface area contributed by atoms with Gasteiger partial charge in [0.05, 0.1) is 15.7 Å². The Bertz CT molecular complexity index is 589. The van der Waals surface area contributed by atoms with E-state index in [9.17, 15) is 18.8 Å². The first-order chi connectivity index (χ1) is 8.95. The molecule has 0 bridgehead atoms. The van der Waals surface area contributed by atoms with Crippen LogP contribution in [0.5, 0.6) is 0 Å². The molecule has 0 saturated heterocycles. The third kappa shape index (κ3) is 2.37. The molecule has 19 heavy (non-hydrogen) atoms. The van der Waals surface area contributed by atoms with Gasteiger partial charge in [-0.05, 0) is 35.0 Å². The zero-order valence-electron chi connectivity index (χ0n) is 10.00. The van der Waals surface area contributed by atoms with Crippen molar-refractivity contribution in [3.8, 4) is 0 Å². The number of halogens is 2. The molecule has 1 aromatic carbocycles. The van der Waals surface area contributed by atoms with Crippen LogP contribution in [0.2, 0.25) is 0 Å². The monoisotopic (exact) mass is 328 g/mol. The number of benzene rings is 1. The van der Waals surface area contributed by atoms with Gasteiger partial charge in [0.1, 0.15) is 12.4 Å². The van der Waals surface area contributed by atoms with Crippen LogP contribution in [0, 0.1) is 5.82 Å². The fourth-order valence-corrected chi connectivity index (χ4v) is 2.19. The zero-order valence-corrected chi connectivity index (χ0v) is 11.6. The molecule has 2 rings (SSSR count). The maximum Gasteiger partial charge on any atom is 0.299 e. The number of carbonyl (C=O) groups is 3. The molecule has 0 fully saturated rings. The molecule has 0 aromatic heterocycles. The summed E-state index contributed by atoms with van der Waals surface area (Å²) in [6, 6.07) is 2.32. The number of nitrogens with zero attached hydrogens (tertiary/aromatic N) is 1. The molecular weight excluding hydrogens is 319 g/mol. The Kier molecular flexibility index (Phi) is 3.66. The van der Waals surface area contributed by atoms with Crippen molar-refractivity contribution in [2.45, 2.75) is 6.92 Å². The third-order valence-corrected chi connectivity index (χ3v) is 3.30. The Labute approximate surface area is 116 Å². The lowest BCUT2D eigenvalue weighted by atomic mass is 10.1. The summed E-state index contributed by atoms with van der Waals surface area (Å²) in [6.45, 7) is 1.85. The summed E-state index contributed by atoms with van der Waals surface area (Å²) < 4.78 is 13.6. The number of fused-ring (bicyclic) bond motifs is 1. The highest BCUT2D eigenvalue weighted by molar-refractivity contribution is 9.10. The molecular formula is C12H10BrFN2O3. The number of rotatable bonds is 3. The predicted octanol–water partition coefficient (Wildman–Crippen LogP) is 1.25. The number of likely N-dealkylation sites (N-methyl/N-ethyl adjacent to an activating group) is 1. The van der Waals surface area contributed by atoms with Crippen LogP contribution in [-0.2, 0) is 9.59 Å². The molecule has 1 heterocycles. The maximum absolute atomic E-state index is 13.5. The first kappa shape index (κ1) is 13.7. The molecule has 0 unspecified atom stereocenters. The number of nitrogens with one attached hydrogen (secondary N) is 1. The molecule has 0 spiro atoms. The van der Waals surface area contributed by atoms with Gasteiger partial charge in [0, 0.05) is 6.54 Å². The molecule has 7 heteroatoms. The Hall–Kier alpha value is -1.76. The quantitative estimate of drug-likeness (QED) is 0.849. The maximum atomic E-state index is 13.5. The SMILES string of the molecule is CCNC(=O)CN1C(=O)C(=O)c2cc(Br)c(F)cc21. The molecule has 0 aliphatic carbocycles. The lowest BCUT2D eigenvalue weighted by Gasteiger charge is -2.15. The second-order valence-electron chi connectivity index (χ2n) is 3.96. The van der Waals surface area contributed by atoms with E-state index in [0.717, 1.165) is 11.0 Å². The van der Waals surface area contributed by atoms with E-state index in [0.29, 0.717) is 6.54 Å². The molecule has 0 saturated carbocycles. The van der Waals surface area contributed by atoms with Crippen LogP contribution in [0.25, 0.3) is 0 Å². The molecule has 0 atom stereocenters. The lowest BCUT2D eigenvalue weighted by Crippen LogP contribution is -2.40. The number of hydrogen-bond acceptors (Lipinski definition) is 3. The van der Waals surface area contributed by atoms with Gasteiger partial charge in [0.25, 0.3) is 11.7 Å². The van der Waals surface area contributed by atoms with Crippen molar-refractivity contribution < 1.29 is 18.8 Å². The van der Waals surface area contributed by atoms with Crippen molar-refractivity contribution >= 4 is 39.2 Å². The van der Waals surface area contributed by atoms with Gasteiger partial charge >= 0.3 is 0 Å². The van der Waals surface area contributed by atoms with Crippen LogP contribution in [0.3, 0.4) is 0 Å². The van der Waals surface area contributed by atoms with Gasteiger partial charge in [-0.2, -0.15) is 0 Å². The predicted molar refractivity (Wildman–Crippen MR) is 69.5 cm³/mol. The molecule has 100 valence electrons. The van der Waals surface area contributed by atoms with Gasteiger partial charge in [-0.1, -0.05) is 0 Å². The molecule has 2 amide bonds. The van der Waals surface area contributed by atoms with Gasteiger partial charge in [-0.15, -0.1) is 0 Å². The van der Waals surface area contributed by atoms with Crippen LogP contribution in [0.4, 0.5) is 10.1 Å². The van der Waals surface area contributed by atoms with Crippen molar-refractivity contribution in [2.24, 2.45) is 0 Å². The molecule has 0 radical (unpaired) electrons. The molecule has 1 N–H and O–H groups in total. The zero-order chi connectivity index (χ0) is 14.2. The van der Waals surface area contributed by atoms with Crippen molar-refractivity contribution in [3.05, 3.63) is 28.0 Å².